The summed E-state index contributed by atoms with van der Waals surface area (Å²) in [4.78, 5) is 39.6. The quantitative estimate of drug-likeness (QED) is 0.533. The molecule has 1 atom stereocenters. The lowest BCUT2D eigenvalue weighted by Gasteiger charge is -2.32. The highest BCUT2D eigenvalue weighted by atomic mass is 79.9. The minimum absolute atomic E-state index is 0.0549. The zero-order chi connectivity index (χ0) is 22.7. The average molecular weight is 494 g/mol. The molecular formula is C25H24BrN3O3. The second-order valence-corrected chi connectivity index (χ2v) is 8.89. The summed E-state index contributed by atoms with van der Waals surface area (Å²) in [5.41, 5.74) is 1.72. The zero-order valence-electron chi connectivity index (χ0n) is 17.7. The van der Waals surface area contributed by atoms with Gasteiger partial charge in [-0.25, -0.2) is 0 Å². The molecule has 0 bridgehead atoms. The van der Waals surface area contributed by atoms with Crippen molar-refractivity contribution in [2.24, 2.45) is 5.92 Å². The molecule has 1 fully saturated rings. The first kappa shape index (κ1) is 22.0. The van der Waals surface area contributed by atoms with E-state index in [4.69, 9.17) is 0 Å². The van der Waals surface area contributed by atoms with E-state index < -0.39 is 0 Å². The van der Waals surface area contributed by atoms with Crippen molar-refractivity contribution in [1.29, 1.82) is 0 Å². The summed E-state index contributed by atoms with van der Waals surface area (Å²) in [5.74, 6) is -0.759. The summed E-state index contributed by atoms with van der Waals surface area (Å²) >= 11 is 3.41. The lowest BCUT2D eigenvalue weighted by Crippen LogP contribution is -2.43. The number of carbonyl (C=O) groups is 3. The molecule has 0 radical (unpaired) electrons. The minimum Gasteiger partial charge on any atom is -0.338 e. The maximum atomic E-state index is 13.3. The van der Waals surface area contributed by atoms with E-state index in [-0.39, 0.29) is 23.6 Å². The van der Waals surface area contributed by atoms with Gasteiger partial charge in [-0.3, -0.25) is 14.4 Å². The molecule has 1 aliphatic heterocycles. The van der Waals surface area contributed by atoms with Crippen LogP contribution in [0.2, 0.25) is 0 Å². The van der Waals surface area contributed by atoms with Gasteiger partial charge in [0.15, 0.2) is 0 Å². The number of nitrogens with one attached hydrogen (secondary N) is 2. The third-order valence-electron chi connectivity index (χ3n) is 5.65. The second kappa shape index (κ2) is 9.53. The van der Waals surface area contributed by atoms with Crippen molar-refractivity contribution < 1.29 is 14.4 Å². The number of anilines is 2. The van der Waals surface area contributed by atoms with Gasteiger partial charge in [-0.1, -0.05) is 52.3 Å². The van der Waals surface area contributed by atoms with Gasteiger partial charge in [-0.15, -0.1) is 0 Å². The van der Waals surface area contributed by atoms with Crippen molar-refractivity contribution in [2.45, 2.75) is 19.8 Å². The Hall–Kier alpha value is -3.19. The molecule has 32 heavy (non-hydrogen) atoms. The maximum absolute atomic E-state index is 13.3. The van der Waals surface area contributed by atoms with Crippen molar-refractivity contribution in [2.75, 3.05) is 23.7 Å². The Labute approximate surface area is 195 Å². The van der Waals surface area contributed by atoms with Crippen LogP contribution in [-0.2, 0) is 9.59 Å². The van der Waals surface area contributed by atoms with E-state index in [9.17, 15) is 14.4 Å². The number of nitrogens with zero attached hydrogens (tertiary/aromatic N) is 1. The highest BCUT2D eigenvalue weighted by molar-refractivity contribution is 9.10. The number of hydrogen-bond donors (Lipinski definition) is 2. The second-order valence-electron chi connectivity index (χ2n) is 7.98. The van der Waals surface area contributed by atoms with Crippen LogP contribution in [0.25, 0.3) is 10.8 Å². The molecule has 1 aliphatic rings. The summed E-state index contributed by atoms with van der Waals surface area (Å²) < 4.78 is 0.790. The van der Waals surface area contributed by atoms with Crippen LogP contribution in [0.5, 0.6) is 0 Å². The van der Waals surface area contributed by atoms with Crippen LogP contribution < -0.4 is 10.6 Å². The van der Waals surface area contributed by atoms with Crippen molar-refractivity contribution in [3.05, 3.63) is 70.7 Å². The number of amides is 3. The van der Waals surface area contributed by atoms with E-state index in [0.29, 0.717) is 36.4 Å². The summed E-state index contributed by atoms with van der Waals surface area (Å²) in [5, 5.41) is 7.60. The molecule has 0 aromatic heterocycles. The van der Waals surface area contributed by atoms with Crippen LogP contribution in [-0.4, -0.2) is 35.7 Å². The first-order valence-corrected chi connectivity index (χ1v) is 11.4. The number of piperidine rings is 1. The Balaban J connectivity index is 1.51. The molecule has 7 heteroatoms. The van der Waals surface area contributed by atoms with Gasteiger partial charge in [0.05, 0.1) is 17.3 Å². The van der Waals surface area contributed by atoms with E-state index in [2.05, 4.69) is 26.6 Å². The molecule has 1 saturated heterocycles. The number of fused-ring (bicyclic) bond motifs is 1. The van der Waals surface area contributed by atoms with Crippen LogP contribution in [0.4, 0.5) is 11.4 Å². The van der Waals surface area contributed by atoms with Gasteiger partial charge in [-0.2, -0.15) is 0 Å². The Morgan fingerprint density at radius 1 is 0.969 bits per heavy atom. The number of likely N-dealkylation sites (tertiary alicyclic amines) is 1. The number of halogens is 1. The molecule has 164 valence electrons. The van der Waals surface area contributed by atoms with Crippen molar-refractivity contribution >= 4 is 55.8 Å². The molecule has 1 unspecified atom stereocenters. The SMILES string of the molecule is CC(=O)Nc1ccc(Br)cc1NC(=O)C1CCCN(C(=O)c2cccc3ccccc23)C1. The first-order valence-electron chi connectivity index (χ1n) is 10.6. The van der Waals surface area contributed by atoms with E-state index in [1.54, 1.807) is 23.1 Å². The van der Waals surface area contributed by atoms with Crippen LogP contribution in [0.3, 0.4) is 0 Å². The van der Waals surface area contributed by atoms with Gasteiger partial charge in [0.2, 0.25) is 11.8 Å². The topological polar surface area (TPSA) is 78.5 Å². The first-order chi connectivity index (χ1) is 15.4. The third kappa shape index (κ3) is 4.83. The molecule has 0 aliphatic carbocycles. The molecule has 0 saturated carbocycles. The monoisotopic (exact) mass is 493 g/mol. The lowest BCUT2D eigenvalue weighted by molar-refractivity contribution is -0.121. The number of carbonyl (C=O) groups excluding carboxylic acids is 3. The summed E-state index contributed by atoms with van der Waals surface area (Å²) in [6, 6.07) is 18.8. The highest BCUT2D eigenvalue weighted by Crippen LogP contribution is 2.28. The Kier molecular flexibility index (Phi) is 6.55. The fourth-order valence-corrected chi connectivity index (χ4v) is 4.47. The van der Waals surface area contributed by atoms with Gasteiger partial charge in [0.25, 0.3) is 5.91 Å². The molecule has 0 spiro atoms. The summed E-state index contributed by atoms with van der Waals surface area (Å²) in [7, 11) is 0. The molecule has 3 aromatic carbocycles. The Bertz CT molecular complexity index is 1190. The predicted octanol–water partition coefficient (Wildman–Crippen LogP) is 5.05. The lowest BCUT2D eigenvalue weighted by atomic mass is 9.95. The number of rotatable bonds is 4. The van der Waals surface area contributed by atoms with Crippen LogP contribution in [0.1, 0.15) is 30.1 Å². The van der Waals surface area contributed by atoms with Gasteiger partial charge in [0, 0.05) is 30.0 Å². The molecule has 4 rings (SSSR count). The predicted molar refractivity (Wildman–Crippen MR) is 130 cm³/mol. The van der Waals surface area contributed by atoms with Crippen molar-refractivity contribution in [3.63, 3.8) is 0 Å². The Morgan fingerprint density at radius 2 is 1.75 bits per heavy atom. The van der Waals surface area contributed by atoms with Gasteiger partial charge >= 0.3 is 0 Å². The fraction of sp³-hybridized carbons (Fsp3) is 0.240. The molecule has 3 amide bonds. The molecular weight excluding hydrogens is 470 g/mol. The number of hydrogen-bond acceptors (Lipinski definition) is 3. The Morgan fingerprint density at radius 3 is 2.56 bits per heavy atom. The van der Waals surface area contributed by atoms with Gasteiger partial charge < -0.3 is 15.5 Å². The standard InChI is InChI=1S/C25H24BrN3O3/c1-16(30)27-22-12-11-19(26)14-23(22)28-24(31)18-8-5-13-29(15-18)25(32)21-10-4-7-17-6-2-3-9-20(17)21/h2-4,6-7,9-12,14,18H,5,8,13,15H2,1H3,(H,27,30)(H,28,31). The smallest absolute Gasteiger partial charge is 0.254 e. The summed E-state index contributed by atoms with van der Waals surface area (Å²) in [6.07, 6.45) is 1.46. The van der Waals surface area contributed by atoms with E-state index >= 15 is 0 Å². The zero-order valence-corrected chi connectivity index (χ0v) is 19.3. The van der Waals surface area contributed by atoms with Crippen LogP contribution in [0.15, 0.2) is 65.1 Å². The van der Waals surface area contributed by atoms with E-state index in [0.717, 1.165) is 21.7 Å². The van der Waals surface area contributed by atoms with E-state index in [1.807, 2.05) is 42.5 Å². The highest BCUT2D eigenvalue weighted by Gasteiger charge is 2.30. The van der Waals surface area contributed by atoms with Crippen molar-refractivity contribution in [3.8, 4) is 0 Å². The van der Waals surface area contributed by atoms with Gasteiger partial charge in [0.1, 0.15) is 0 Å². The average Bonchev–Trinajstić information content (AvgIpc) is 2.80. The van der Waals surface area contributed by atoms with Gasteiger partial charge in [-0.05, 0) is 47.9 Å². The van der Waals surface area contributed by atoms with Crippen LogP contribution >= 0.6 is 15.9 Å². The normalized spacial score (nSPS) is 15.9. The largest absolute Gasteiger partial charge is 0.338 e. The molecule has 1 heterocycles. The molecule has 3 aromatic rings. The summed E-state index contributed by atoms with van der Waals surface area (Å²) in [6.45, 7) is 2.41. The third-order valence-corrected chi connectivity index (χ3v) is 6.14. The van der Waals surface area contributed by atoms with E-state index in [1.165, 1.54) is 6.92 Å². The maximum Gasteiger partial charge on any atom is 0.254 e. The fourth-order valence-electron chi connectivity index (χ4n) is 4.11. The minimum atomic E-state index is -0.327. The number of benzene rings is 3. The molecule has 6 nitrogen and oxygen atoms in total. The van der Waals surface area contributed by atoms with Crippen LogP contribution in [0, 0.1) is 5.92 Å². The van der Waals surface area contributed by atoms with Crippen molar-refractivity contribution in [1.82, 2.24) is 4.90 Å². The molecule has 2 N–H and O–H groups in total.